The maximum absolute atomic E-state index is 12.6. The Balaban J connectivity index is 1.57. The summed E-state index contributed by atoms with van der Waals surface area (Å²) in [5.74, 6) is 0.570. The van der Waals surface area contributed by atoms with Crippen LogP contribution in [0.25, 0.3) is 0 Å². The maximum atomic E-state index is 12.6. The van der Waals surface area contributed by atoms with Crippen LogP contribution in [0.4, 0.5) is 0 Å². The molecule has 2 aromatic rings. The summed E-state index contributed by atoms with van der Waals surface area (Å²) in [4.78, 5) is 27.7. The molecule has 0 radical (unpaired) electrons. The average molecular weight is 348 g/mol. The highest BCUT2D eigenvalue weighted by atomic mass is 32.1. The molecular weight excluding hydrogens is 328 g/mol. The first-order valence-corrected chi connectivity index (χ1v) is 8.65. The third-order valence-electron chi connectivity index (χ3n) is 3.90. The number of aryl methyl sites for hydroxylation is 2. The molecule has 128 valence electrons. The summed E-state index contributed by atoms with van der Waals surface area (Å²) in [7, 11) is 1.52. The molecule has 0 N–H and O–H groups in total. The molecule has 0 aliphatic carbocycles. The number of aromatic nitrogens is 3. The van der Waals surface area contributed by atoms with E-state index in [2.05, 4.69) is 15.0 Å². The Morgan fingerprint density at radius 1 is 1.29 bits per heavy atom. The molecule has 3 rings (SSSR count). The minimum absolute atomic E-state index is 0.0398. The Labute approximate surface area is 144 Å². The van der Waals surface area contributed by atoms with Gasteiger partial charge >= 0.3 is 6.01 Å². The average Bonchev–Trinajstić information content (AvgIpc) is 2.93. The predicted molar refractivity (Wildman–Crippen MR) is 89.7 cm³/mol. The molecule has 8 heteroatoms. The van der Waals surface area contributed by atoms with Gasteiger partial charge in [-0.2, -0.15) is 4.98 Å². The van der Waals surface area contributed by atoms with E-state index in [9.17, 15) is 4.79 Å². The predicted octanol–water partition coefficient (Wildman–Crippen LogP) is 2.24. The Hall–Kier alpha value is -2.22. The molecular formula is C16H20N4O3S. The number of methoxy groups -OCH3 is 1. The van der Waals surface area contributed by atoms with Crippen molar-refractivity contribution in [2.45, 2.75) is 32.8 Å². The van der Waals surface area contributed by atoms with Crippen LogP contribution in [0.15, 0.2) is 12.3 Å². The van der Waals surface area contributed by atoms with Crippen molar-refractivity contribution in [3.8, 4) is 11.9 Å². The Morgan fingerprint density at radius 3 is 2.67 bits per heavy atom. The van der Waals surface area contributed by atoms with Gasteiger partial charge in [-0.1, -0.05) is 0 Å². The Bertz CT molecular complexity index is 726. The van der Waals surface area contributed by atoms with Crippen LogP contribution in [-0.2, 0) is 0 Å². The lowest BCUT2D eigenvalue weighted by Gasteiger charge is -2.31. The molecule has 0 spiro atoms. The summed E-state index contributed by atoms with van der Waals surface area (Å²) < 4.78 is 10.9. The number of likely N-dealkylation sites (tertiary alicyclic amines) is 1. The molecule has 1 aliphatic rings. The third kappa shape index (κ3) is 3.64. The van der Waals surface area contributed by atoms with E-state index >= 15 is 0 Å². The number of carbonyl (C=O) groups is 1. The van der Waals surface area contributed by atoms with Crippen molar-refractivity contribution in [3.05, 3.63) is 27.8 Å². The molecule has 0 bridgehead atoms. The number of piperidine rings is 1. The minimum atomic E-state index is 0.0398. The second kappa shape index (κ2) is 7.12. The van der Waals surface area contributed by atoms with Crippen molar-refractivity contribution in [1.82, 2.24) is 19.9 Å². The van der Waals surface area contributed by atoms with E-state index in [-0.39, 0.29) is 18.0 Å². The molecule has 0 saturated carbocycles. The summed E-state index contributed by atoms with van der Waals surface area (Å²) in [5, 5.41) is 0.923. The second-order valence-electron chi connectivity index (χ2n) is 5.64. The van der Waals surface area contributed by atoms with Gasteiger partial charge in [0.15, 0.2) is 0 Å². The van der Waals surface area contributed by atoms with Gasteiger partial charge in [0.25, 0.3) is 5.91 Å². The molecule has 1 fully saturated rings. The first kappa shape index (κ1) is 16.6. The molecule has 0 atom stereocenters. The van der Waals surface area contributed by atoms with Crippen LogP contribution in [0.2, 0.25) is 0 Å². The summed E-state index contributed by atoms with van der Waals surface area (Å²) in [6.45, 7) is 5.14. The Morgan fingerprint density at radius 2 is 2.04 bits per heavy atom. The highest BCUT2D eigenvalue weighted by Crippen LogP contribution is 2.23. The van der Waals surface area contributed by atoms with Gasteiger partial charge < -0.3 is 14.4 Å². The number of carbonyl (C=O) groups excluding carboxylic acids is 1. The summed E-state index contributed by atoms with van der Waals surface area (Å²) >= 11 is 1.46. The highest BCUT2D eigenvalue weighted by molar-refractivity contribution is 7.13. The zero-order valence-electron chi connectivity index (χ0n) is 14.0. The summed E-state index contributed by atoms with van der Waals surface area (Å²) in [6, 6.07) is 2.00. The summed E-state index contributed by atoms with van der Waals surface area (Å²) in [5.41, 5.74) is 0.814. The monoisotopic (exact) mass is 348 g/mol. The topological polar surface area (TPSA) is 77.4 Å². The fourth-order valence-corrected chi connectivity index (χ4v) is 3.60. The zero-order chi connectivity index (χ0) is 17.1. The van der Waals surface area contributed by atoms with Gasteiger partial charge in [-0.3, -0.25) is 4.79 Å². The first-order valence-electron chi connectivity index (χ1n) is 7.84. The van der Waals surface area contributed by atoms with E-state index in [4.69, 9.17) is 9.47 Å². The molecule has 1 saturated heterocycles. The smallest absolute Gasteiger partial charge is 0.319 e. The number of ether oxygens (including phenoxy) is 2. The van der Waals surface area contributed by atoms with Crippen molar-refractivity contribution in [1.29, 1.82) is 0 Å². The van der Waals surface area contributed by atoms with Gasteiger partial charge in [-0.25, -0.2) is 9.97 Å². The van der Waals surface area contributed by atoms with Crippen LogP contribution in [0.5, 0.6) is 11.9 Å². The van der Waals surface area contributed by atoms with Crippen LogP contribution in [0, 0.1) is 13.8 Å². The lowest BCUT2D eigenvalue weighted by atomic mass is 10.1. The van der Waals surface area contributed by atoms with Crippen molar-refractivity contribution in [2.75, 3.05) is 20.2 Å². The van der Waals surface area contributed by atoms with Crippen molar-refractivity contribution in [2.24, 2.45) is 0 Å². The van der Waals surface area contributed by atoms with Gasteiger partial charge in [-0.05, 0) is 13.8 Å². The number of thiazole rings is 1. The molecule has 1 aliphatic heterocycles. The molecule has 24 heavy (non-hydrogen) atoms. The quantitative estimate of drug-likeness (QED) is 0.843. The second-order valence-corrected chi connectivity index (χ2v) is 6.84. The third-order valence-corrected chi connectivity index (χ3v) is 4.97. The lowest BCUT2D eigenvalue weighted by molar-refractivity contribution is 0.0590. The fourth-order valence-electron chi connectivity index (χ4n) is 2.71. The number of rotatable bonds is 4. The number of amides is 1. The molecule has 3 heterocycles. The van der Waals surface area contributed by atoms with Gasteiger partial charge in [0.05, 0.1) is 17.8 Å². The van der Waals surface area contributed by atoms with Crippen LogP contribution in [0.3, 0.4) is 0 Å². The minimum Gasteiger partial charge on any atom is -0.474 e. The van der Waals surface area contributed by atoms with Crippen LogP contribution < -0.4 is 9.47 Å². The maximum Gasteiger partial charge on any atom is 0.319 e. The van der Waals surface area contributed by atoms with Gasteiger partial charge in [-0.15, -0.1) is 11.3 Å². The van der Waals surface area contributed by atoms with E-state index < -0.39 is 0 Å². The molecule has 7 nitrogen and oxygen atoms in total. The van der Waals surface area contributed by atoms with E-state index in [0.717, 1.165) is 28.4 Å². The van der Waals surface area contributed by atoms with E-state index in [1.165, 1.54) is 18.4 Å². The van der Waals surface area contributed by atoms with Crippen LogP contribution in [-0.4, -0.2) is 52.1 Å². The van der Waals surface area contributed by atoms with Crippen molar-refractivity contribution >= 4 is 17.2 Å². The fraction of sp³-hybridized carbons (Fsp3) is 0.500. The number of hydrogen-bond donors (Lipinski definition) is 0. The number of nitrogens with zero attached hydrogens (tertiary/aromatic N) is 4. The standard InChI is InChI=1S/C16H20N4O3S/c1-10-14(24-11(2)18-10)15(21)20-8-5-12(6-9-20)23-13-4-7-17-16(19-13)22-3/h4,7,12H,5-6,8-9H2,1-3H3. The molecule has 0 unspecified atom stereocenters. The largest absolute Gasteiger partial charge is 0.474 e. The van der Waals surface area contributed by atoms with Gasteiger partial charge in [0.1, 0.15) is 11.0 Å². The van der Waals surface area contributed by atoms with Crippen LogP contribution in [0.1, 0.15) is 33.2 Å². The van der Waals surface area contributed by atoms with E-state index in [1.807, 2.05) is 18.7 Å². The van der Waals surface area contributed by atoms with E-state index in [0.29, 0.717) is 19.0 Å². The number of hydrogen-bond acceptors (Lipinski definition) is 7. The Kier molecular flexibility index (Phi) is 4.94. The molecule has 1 amide bonds. The van der Waals surface area contributed by atoms with Crippen LogP contribution >= 0.6 is 11.3 Å². The zero-order valence-corrected chi connectivity index (χ0v) is 14.8. The SMILES string of the molecule is COc1nccc(OC2CCN(C(=O)c3sc(C)nc3C)CC2)n1. The van der Waals surface area contributed by atoms with Crippen molar-refractivity contribution < 1.29 is 14.3 Å². The molecule has 0 aromatic carbocycles. The first-order chi connectivity index (χ1) is 11.6. The van der Waals surface area contributed by atoms with Gasteiger partial charge in [0, 0.05) is 38.2 Å². The summed E-state index contributed by atoms with van der Waals surface area (Å²) in [6.07, 6.45) is 3.19. The van der Waals surface area contributed by atoms with E-state index in [1.54, 1.807) is 12.3 Å². The highest BCUT2D eigenvalue weighted by Gasteiger charge is 2.27. The van der Waals surface area contributed by atoms with Gasteiger partial charge in [0.2, 0.25) is 5.88 Å². The lowest BCUT2D eigenvalue weighted by Crippen LogP contribution is -2.41. The van der Waals surface area contributed by atoms with Crippen molar-refractivity contribution in [3.63, 3.8) is 0 Å². The normalized spacial score (nSPS) is 15.4. The molecule has 2 aromatic heterocycles.